The molecule has 0 saturated heterocycles. The Morgan fingerprint density at radius 1 is 0.180 bits per heavy atom. The lowest BCUT2D eigenvalue weighted by Crippen LogP contribution is -2.38. The molecule has 0 atom stereocenters. The molecule has 8 aliphatic carbocycles. The van der Waals surface area contributed by atoms with Crippen LogP contribution in [0.3, 0.4) is 0 Å². The molecule has 4 saturated carbocycles. The van der Waals surface area contributed by atoms with Crippen LogP contribution in [0.4, 0.5) is 45.5 Å². The largest absolute Gasteiger partial charge is 0.336 e. The Kier molecular flexibility index (Phi) is 27.4. The fourth-order valence-electron chi connectivity index (χ4n) is 27.2. The maximum atomic E-state index is 2.63. The third-order valence-corrected chi connectivity index (χ3v) is 35.1. The zero-order valence-corrected chi connectivity index (χ0v) is 93.8. The van der Waals surface area contributed by atoms with Gasteiger partial charge in [-0.05, 0) is 429 Å². The molecule has 0 heterocycles. The van der Waals surface area contributed by atoms with E-state index < -0.39 is 0 Å². The van der Waals surface area contributed by atoms with E-state index in [0.717, 1.165) is 0 Å². The van der Waals surface area contributed by atoms with Crippen LogP contribution in [-0.4, -0.2) is 22.2 Å². The highest BCUT2D eigenvalue weighted by molar-refractivity contribution is 5.92. The lowest BCUT2D eigenvalue weighted by atomic mass is 9.70. The number of fused-ring (bicyclic) bond motifs is 12. The Bertz CT molecular complexity index is 7610. The predicted molar refractivity (Wildman–Crippen MR) is 645 cm³/mol. The first kappa shape index (κ1) is 103. The van der Waals surface area contributed by atoms with Crippen molar-refractivity contribution >= 4 is 45.5 Å². The number of nitrogens with zero attached hydrogens (tertiary/aromatic N) is 4. The van der Waals surface area contributed by atoms with E-state index in [1.54, 1.807) is 0 Å². The van der Waals surface area contributed by atoms with E-state index in [-0.39, 0.29) is 43.8 Å². The van der Waals surface area contributed by atoms with Crippen LogP contribution in [0, 0.1) is 5.41 Å². The highest BCUT2D eigenvalue weighted by atomic mass is 15.2. The minimum Gasteiger partial charge on any atom is -0.336 e. The first-order chi connectivity index (χ1) is 71.7. The van der Waals surface area contributed by atoms with Gasteiger partial charge in [-0.2, -0.15) is 0 Å². The summed E-state index contributed by atoms with van der Waals surface area (Å²) in [6.07, 6.45) is 19.5. The summed E-state index contributed by atoms with van der Waals surface area (Å²) >= 11 is 0. The second kappa shape index (κ2) is 40.1. The first-order valence-electron chi connectivity index (χ1n) is 56.7. The Morgan fingerprint density at radius 2 is 0.380 bits per heavy atom. The van der Waals surface area contributed by atoms with E-state index >= 15 is 0 Å². The summed E-state index contributed by atoms with van der Waals surface area (Å²) < 4.78 is 0. The molecular weight excluding hydrogens is 1810 g/mol. The zero-order valence-electron chi connectivity index (χ0n) is 93.8. The highest BCUT2D eigenvalue weighted by Gasteiger charge is 2.46. The minimum atomic E-state index is -0.0954. The average Bonchev–Trinajstić information content (AvgIpc) is 1.56. The lowest BCUT2D eigenvalue weighted by Gasteiger charge is -2.42. The van der Waals surface area contributed by atoms with Crippen LogP contribution in [0.1, 0.15) is 339 Å². The van der Waals surface area contributed by atoms with E-state index in [0.29, 0.717) is 29.1 Å². The van der Waals surface area contributed by atoms with Crippen LogP contribution in [0.15, 0.2) is 364 Å². The third kappa shape index (κ3) is 19.8. The monoisotopic (exact) mass is 1970 g/mol. The second-order valence-corrected chi connectivity index (χ2v) is 51.7. The summed E-state index contributed by atoms with van der Waals surface area (Å²) in [6, 6.07) is 136. The van der Waals surface area contributed by atoms with Crippen molar-refractivity contribution in [2.24, 2.45) is 5.41 Å². The van der Waals surface area contributed by atoms with Gasteiger partial charge in [-0.1, -0.05) is 368 Å². The van der Waals surface area contributed by atoms with Crippen molar-refractivity contribution in [3.8, 4) is 89.0 Å². The summed E-state index contributed by atoms with van der Waals surface area (Å²) in [7, 11) is 0. The van der Waals surface area contributed by atoms with E-state index in [9.17, 15) is 0 Å². The van der Waals surface area contributed by atoms with Gasteiger partial charge in [0.2, 0.25) is 0 Å². The quantitative estimate of drug-likeness (QED) is 0.0956. The van der Waals surface area contributed by atoms with Gasteiger partial charge >= 0.3 is 0 Å². The number of hydrogen-bond donors (Lipinski definition) is 0. The van der Waals surface area contributed by atoms with Crippen molar-refractivity contribution in [3.63, 3.8) is 0 Å². The topological polar surface area (TPSA) is 13.0 Å². The van der Waals surface area contributed by atoms with Gasteiger partial charge in [-0.15, -0.1) is 0 Å². The number of anilines is 8. The second-order valence-electron chi connectivity index (χ2n) is 51.7. The first-order valence-corrected chi connectivity index (χ1v) is 56.7. The van der Waals surface area contributed by atoms with E-state index in [1.807, 2.05) is 0 Å². The molecule has 0 amide bonds. The summed E-state index contributed by atoms with van der Waals surface area (Å²) in [6.45, 7) is 52.3. The maximum absolute atomic E-state index is 2.63. The average molecular weight is 1970 g/mol. The molecule has 150 heavy (non-hydrogen) atoms. The Morgan fingerprint density at radius 3 is 0.607 bits per heavy atom. The molecule has 764 valence electrons. The van der Waals surface area contributed by atoms with Crippen molar-refractivity contribution in [2.45, 2.75) is 316 Å². The molecule has 24 rings (SSSR count). The predicted octanol–water partition coefficient (Wildman–Crippen LogP) is 41.7. The van der Waals surface area contributed by atoms with Crippen molar-refractivity contribution in [1.82, 2.24) is 0 Å². The molecule has 4 nitrogen and oxygen atoms in total. The molecule has 0 unspecified atom stereocenters. The molecule has 16 aromatic rings. The fourth-order valence-corrected chi connectivity index (χ4v) is 27.2. The summed E-state index contributed by atoms with van der Waals surface area (Å²) in [5.74, 6) is 2.47. The van der Waals surface area contributed by atoms with Crippen LogP contribution < -0.4 is 19.6 Å². The molecule has 0 N–H and O–H groups in total. The molecular formula is C146H160N4. The molecule has 16 aromatic carbocycles. The number of benzene rings is 16. The van der Waals surface area contributed by atoms with Crippen molar-refractivity contribution in [3.05, 3.63) is 431 Å². The molecule has 0 aliphatic heterocycles. The normalized spacial score (nSPS) is 16.8. The molecule has 0 bridgehead atoms. The van der Waals surface area contributed by atoms with Crippen LogP contribution >= 0.6 is 0 Å². The molecule has 8 aliphatic rings. The van der Waals surface area contributed by atoms with Gasteiger partial charge in [-0.3, -0.25) is 0 Å². The fraction of sp³-hybridized carbons (Fsp3) is 0.342. The van der Waals surface area contributed by atoms with Crippen LogP contribution in [-0.2, 0) is 21.7 Å². The Hall–Kier alpha value is -13.3. The van der Waals surface area contributed by atoms with Crippen molar-refractivity contribution in [1.29, 1.82) is 0 Å². The summed E-state index contributed by atoms with van der Waals surface area (Å²) in [5.41, 5.74) is 50.0. The van der Waals surface area contributed by atoms with Gasteiger partial charge in [0.1, 0.15) is 0 Å². The van der Waals surface area contributed by atoms with Gasteiger partial charge in [-0.25, -0.2) is 0 Å². The molecule has 0 spiro atoms. The van der Waals surface area contributed by atoms with Crippen LogP contribution in [0.5, 0.6) is 0 Å². The maximum Gasteiger partial charge on any atom is 0.0454 e. The van der Waals surface area contributed by atoms with Crippen molar-refractivity contribution in [2.75, 3.05) is 19.6 Å². The standard InChI is InChI=1S/C39H45N.C37H41N.C36H39N.C34H35N/c1-37(2,3)40(30-17-13-16-29(24-30)27-14-9-8-10-15-27)36-26-35-33(31-18-11-12-19-34(31)39(35,6)7)25-32(36)28-20-22-38(4,5)23-21-28;1-36(2,3)38(29-20-14-19-28(23-29)26-15-8-6-9-16-26)35-25-34-32(24-31(35)27-17-10-7-11-18-27)30-21-12-13-22-33(30)37(34,4)5;1-35(2,3)37(28-19-13-18-27(22-28)25-14-7-6-8-15-25)34-24-33-31(23-30(34)26-16-9-10-17-26)29-20-11-12-21-32(29)36(33,4)5;1-33(2,3)35(26-15-11-14-25(20-26)23-12-7-6-8-13-23)32-22-31-29(21-28(32)24-18-19-24)27-16-9-10-17-30(27)34(31,4)5/h8-19,24-26,28H,20-23H2,1-7H3;6,8-9,12-16,19-25,27H,7,10-11,17-18H2,1-5H3;6-8,11-15,18-24,26H,9-10,16-17H2,1-5H3;6-17,20-22,24H,18-19H2,1-5H3. The molecule has 4 fully saturated rings. The van der Waals surface area contributed by atoms with E-state index in [1.165, 1.54) is 298 Å². The number of rotatable bonds is 16. The van der Waals surface area contributed by atoms with E-state index in [4.69, 9.17) is 0 Å². The Labute approximate surface area is 900 Å². The molecule has 4 heteroatoms. The van der Waals surface area contributed by atoms with Crippen LogP contribution in [0.2, 0.25) is 0 Å². The summed E-state index contributed by atoms with van der Waals surface area (Å²) in [4.78, 5) is 10.5. The van der Waals surface area contributed by atoms with Crippen molar-refractivity contribution < 1.29 is 0 Å². The molecule has 0 aromatic heterocycles. The third-order valence-electron chi connectivity index (χ3n) is 35.1. The van der Waals surface area contributed by atoms with Gasteiger partial charge < -0.3 is 19.6 Å². The van der Waals surface area contributed by atoms with Crippen LogP contribution in [0.25, 0.3) is 89.0 Å². The Balaban J connectivity index is 0.000000117. The molecule has 0 radical (unpaired) electrons. The smallest absolute Gasteiger partial charge is 0.0454 e. The zero-order chi connectivity index (χ0) is 105. The number of hydrogen-bond acceptors (Lipinski definition) is 4. The van der Waals surface area contributed by atoms with Gasteiger partial charge in [0.05, 0.1) is 0 Å². The highest BCUT2D eigenvalue weighted by Crippen LogP contribution is 2.62. The van der Waals surface area contributed by atoms with Gasteiger partial charge in [0.25, 0.3) is 0 Å². The van der Waals surface area contributed by atoms with E-state index in [2.05, 4.69) is 536 Å². The van der Waals surface area contributed by atoms with Gasteiger partial charge in [0, 0.05) is 89.3 Å². The lowest BCUT2D eigenvalue weighted by molar-refractivity contribution is 0.224. The summed E-state index contributed by atoms with van der Waals surface area (Å²) in [5, 5.41) is 0. The SMILES string of the molecule is CC1(C)CCC(c2cc3c(cc2N(c2cccc(-c4ccccc4)c2)C(C)(C)C)C(C)(C)c2ccccc2-3)CC1.CC1(C)c2ccccc2-c2cc(C3CC3)c(N(c3cccc(-c4ccccc4)c3)C(C)(C)C)cc21.CC1(C)c2ccccc2-c2cc(C3CCCC3)c(N(c3cccc(-c4ccccc4)c3)C(C)(C)C)cc21.CC1(C)c2ccccc2-c2cc(C3CCCCC3)c(N(c3cccc(-c4ccccc4)c3)C(C)(C)C)cc21. The van der Waals surface area contributed by atoms with Gasteiger partial charge in [0.15, 0.2) is 0 Å². The minimum absolute atomic E-state index is 0.00179.